The third-order valence-corrected chi connectivity index (χ3v) is 4.09. The number of aryl methyl sites for hydroxylation is 1. The number of aromatic nitrogens is 2. The lowest BCUT2D eigenvalue weighted by atomic mass is 10.1. The standard InChI is InChI=1S/C19H18ClN3O/c20-18-9-5-4-6-16(18)10-11-19(24)21-12-15-13-22-23(14-15)17-7-2-1-3-8-17/h1-9,13-14H,10-12H2,(H,21,24). The van der Waals surface area contributed by atoms with E-state index in [1.54, 1.807) is 10.9 Å². The first-order chi connectivity index (χ1) is 11.7. The Morgan fingerprint density at radius 3 is 2.62 bits per heavy atom. The molecule has 0 unspecified atom stereocenters. The lowest BCUT2D eigenvalue weighted by Crippen LogP contribution is -2.22. The number of carbonyl (C=O) groups is 1. The fourth-order valence-electron chi connectivity index (χ4n) is 2.41. The molecule has 5 heteroatoms. The van der Waals surface area contributed by atoms with Crippen LogP contribution in [0, 0.1) is 0 Å². The number of nitrogens with one attached hydrogen (secondary N) is 1. The second-order valence-corrected chi connectivity index (χ2v) is 5.90. The first-order valence-electron chi connectivity index (χ1n) is 7.81. The van der Waals surface area contributed by atoms with Crippen molar-refractivity contribution in [3.05, 3.63) is 83.1 Å². The molecule has 1 heterocycles. The van der Waals surface area contributed by atoms with Crippen LogP contribution in [0.5, 0.6) is 0 Å². The number of rotatable bonds is 6. The fraction of sp³-hybridized carbons (Fsp3) is 0.158. The molecule has 24 heavy (non-hydrogen) atoms. The topological polar surface area (TPSA) is 46.9 Å². The predicted molar refractivity (Wildman–Crippen MR) is 95.2 cm³/mol. The number of benzene rings is 2. The molecule has 0 aliphatic rings. The number of carbonyl (C=O) groups excluding carboxylic acids is 1. The third-order valence-electron chi connectivity index (χ3n) is 3.73. The molecule has 0 fully saturated rings. The summed E-state index contributed by atoms with van der Waals surface area (Å²) in [5.41, 5.74) is 2.95. The van der Waals surface area contributed by atoms with E-state index in [0.717, 1.165) is 16.8 Å². The second-order valence-electron chi connectivity index (χ2n) is 5.50. The summed E-state index contributed by atoms with van der Waals surface area (Å²) >= 11 is 6.10. The Morgan fingerprint density at radius 2 is 1.83 bits per heavy atom. The zero-order chi connectivity index (χ0) is 16.8. The number of amides is 1. The van der Waals surface area contributed by atoms with Gasteiger partial charge in [0.25, 0.3) is 0 Å². The monoisotopic (exact) mass is 339 g/mol. The van der Waals surface area contributed by atoms with E-state index in [0.29, 0.717) is 24.4 Å². The lowest BCUT2D eigenvalue weighted by molar-refractivity contribution is -0.121. The van der Waals surface area contributed by atoms with Gasteiger partial charge < -0.3 is 5.32 Å². The van der Waals surface area contributed by atoms with E-state index in [9.17, 15) is 4.79 Å². The third kappa shape index (κ3) is 4.24. The zero-order valence-corrected chi connectivity index (χ0v) is 13.9. The van der Waals surface area contributed by atoms with E-state index in [2.05, 4.69) is 10.4 Å². The summed E-state index contributed by atoms with van der Waals surface area (Å²) in [6.45, 7) is 0.466. The summed E-state index contributed by atoms with van der Waals surface area (Å²) in [7, 11) is 0. The predicted octanol–water partition coefficient (Wildman–Crippen LogP) is 3.77. The van der Waals surface area contributed by atoms with Crippen molar-refractivity contribution in [3.63, 3.8) is 0 Å². The van der Waals surface area contributed by atoms with Crippen molar-refractivity contribution in [2.75, 3.05) is 0 Å². The molecule has 0 saturated heterocycles. The highest BCUT2D eigenvalue weighted by molar-refractivity contribution is 6.31. The molecule has 2 aromatic carbocycles. The lowest BCUT2D eigenvalue weighted by Gasteiger charge is -2.05. The van der Waals surface area contributed by atoms with Gasteiger partial charge in [0.1, 0.15) is 0 Å². The van der Waals surface area contributed by atoms with Crippen LogP contribution in [-0.4, -0.2) is 15.7 Å². The van der Waals surface area contributed by atoms with Gasteiger partial charge >= 0.3 is 0 Å². The Morgan fingerprint density at radius 1 is 1.08 bits per heavy atom. The van der Waals surface area contributed by atoms with E-state index in [4.69, 9.17) is 11.6 Å². The SMILES string of the molecule is O=C(CCc1ccccc1Cl)NCc1cnn(-c2ccccc2)c1. The van der Waals surface area contributed by atoms with Gasteiger partial charge in [-0.3, -0.25) is 4.79 Å². The molecule has 0 spiro atoms. The second kappa shape index (κ2) is 7.79. The van der Waals surface area contributed by atoms with Gasteiger partial charge in [0.2, 0.25) is 5.91 Å². The first-order valence-corrected chi connectivity index (χ1v) is 8.19. The molecule has 0 aliphatic heterocycles. The van der Waals surface area contributed by atoms with E-state index in [1.165, 1.54) is 0 Å². The molecule has 122 valence electrons. The summed E-state index contributed by atoms with van der Waals surface area (Å²) in [5.74, 6) is 0.00220. The highest BCUT2D eigenvalue weighted by Gasteiger charge is 2.06. The van der Waals surface area contributed by atoms with E-state index < -0.39 is 0 Å². The zero-order valence-electron chi connectivity index (χ0n) is 13.2. The molecule has 0 saturated carbocycles. The molecule has 3 rings (SSSR count). The minimum atomic E-state index is 0.00220. The van der Waals surface area contributed by atoms with Crippen molar-refractivity contribution < 1.29 is 4.79 Å². The van der Waals surface area contributed by atoms with Crippen LogP contribution < -0.4 is 5.32 Å². The Kier molecular flexibility index (Phi) is 5.29. The molecule has 1 N–H and O–H groups in total. The van der Waals surface area contributed by atoms with Crippen molar-refractivity contribution >= 4 is 17.5 Å². The van der Waals surface area contributed by atoms with Gasteiger partial charge in [-0.25, -0.2) is 4.68 Å². The maximum absolute atomic E-state index is 12.0. The molecule has 3 aromatic rings. The Labute approximate surface area is 146 Å². The highest BCUT2D eigenvalue weighted by atomic mass is 35.5. The van der Waals surface area contributed by atoms with Gasteiger partial charge in [-0.1, -0.05) is 48.0 Å². The minimum Gasteiger partial charge on any atom is -0.352 e. The molecular weight excluding hydrogens is 322 g/mol. The normalized spacial score (nSPS) is 10.5. The Bertz CT molecular complexity index is 814. The maximum atomic E-state index is 12.0. The van der Waals surface area contributed by atoms with Gasteiger partial charge in [-0.15, -0.1) is 0 Å². The van der Waals surface area contributed by atoms with Crippen molar-refractivity contribution in [2.45, 2.75) is 19.4 Å². The number of halogens is 1. The molecule has 0 radical (unpaired) electrons. The molecule has 0 bridgehead atoms. The summed E-state index contributed by atoms with van der Waals surface area (Å²) in [5, 5.41) is 7.94. The van der Waals surface area contributed by atoms with Crippen LogP contribution in [0.15, 0.2) is 67.0 Å². The average molecular weight is 340 g/mol. The van der Waals surface area contributed by atoms with Gasteiger partial charge in [0.05, 0.1) is 11.9 Å². The van der Waals surface area contributed by atoms with Crippen LogP contribution in [0.2, 0.25) is 5.02 Å². The van der Waals surface area contributed by atoms with Crippen molar-refractivity contribution in [2.24, 2.45) is 0 Å². The van der Waals surface area contributed by atoms with Crippen LogP contribution in [-0.2, 0) is 17.8 Å². The summed E-state index contributed by atoms with van der Waals surface area (Å²) in [6, 6.07) is 17.5. The molecule has 4 nitrogen and oxygen atoms in total. The summed E-state index contributed by atoms with van der Waals surface area (Å²) < 4.78 is 1.80. The van der Waals surface area contributed by atoms with E-state index in [1.807, 2.05) is 60.8 Å². The van der Waals surface area contributed by atoms with Crippen molar-refractivity contribution in [1.82, 2.24) is 15.1 Å². The maximum Gasteiger partial charge on any atom is 0.220 e. The number of hydrogen-bond donors (Lipinski definition) is 1. The molecule has 1 aromatic heterocycles. The minimum absolute atomic E-state index is 0.00220. The van der Waals surface area contributed by atoms with Crippen molar-refractivity contribution in [3.8, 4) is 5.69 Å². The van der Waals surface area contributed by atoms with Crippen LogP contribution in [0.4, 0.5) is 0 Å². The summed E-state index contributed by atoms with van der Waals surface area (Å²) in [6.07, 6.45) is 4.73. The fourth-order valence-corrected chi connectivity index (χ4v) is 2.64. The Balaban J connectivity index is 1.50. The van der Waals surface area contributed by atoms with Crippen LogP contribution in [0.3, 0.4) is 0 Å². The van der Waals surface area contributed by atoms with Gasteiger partial charge in [0, 0.05) is 29.7 Å². The molecule has 0 atom stereocenters. The van der Waals surface area contributed by atoms with E-state index >= 15 is 0 Å². The Hall–Kier alpha value is -2.59. The molecule has 1 amide bonds. The van der Waals surface area contributed by atoms with Crippen LogP contribution in [0.25, 0.3) is 5.69 Å². The van der Waals surface area contributed by atoms with Gasteiger partial charge in [-0.05, 0) is 30.2 Å². The summed E-state index contributed by atoms with van der Waals surface area (Å²) in [4.78, 5) is 12.0. The first kappa shape index (κ1) is 16.3. The van der Waals surface area contributed by atoms with Crippen LogP contribution in [0.1, 0.15) is 17.5 Å². The smallest absolute Gasteiger partial charge is 0.220 e. The quantitative estimate of drug-likeness (QED) is 0.743. The van der Waals surface area contributed by atoms with Crippen molar-refractivity contribution in [1.29, 1.82) is 0 Å². The molecular formula is C19H18ClN3O. The van der Waals surface area contributed by atoms with E-state index in [-0.39, 0.29) is 5.91 Å². The average Bonchev–Trinajstić information content (AvgIpc) is 3.09. The number of para-hydroxylation sites is 1. The number of nitrogens with zero attached hydrogens (tertiary/aromatic N) is 2. The van der Waals surface area contributed by atoms with Gasteiger partial charge in [-0.2, -0.15) is 5.10 Å². The molecule has 0 aliphatic carbocycles. The van der Waals surface area contributed by atoms with Gasteiger partial charge in [0.15, 0.2) is 0 Å². The number of hydrogen-bond acceptors (Lipinski definition) is 2. The van der Waals surface area contributed by atoms with Crippen LogP contribution >= 0.6 is 11.6 Å². The largest absolute Gasteiger partial charge is 0.352 e. The highest BCUT2D eigenvalue weighted by Crippen LogP contribution is 2.16.